The molecule has 1 aliphatic rings. The van der Waals surface area contributed by atoms with Gasteiger partial charge in [-0.1, -0.05) is 6.07 Å². The highest BCUT2D eigenvalue weighted by Gasteiger charge is 2.40. The summed E-state index contributed by atoms with van der Waals surface area (Å²) in [4.78, 5) is 0. The van der Waals surface area contributed by atoms with Gasteiger partial charge in [-0.3, -0.25) is 0 Å². The Bertz CT molecular complexity index is 458. The molecule has 0 heterocycles. The quantitative estimate of drug-likeness (QED) is 0.827. The van der Waals surface area contributed by atoms with Gasteiger partial charge < -0.3 is 4.74 Å². The molecule has 16 heavy (non-hydrogen) atoms. The summed E-state index contributed by atoms with van der Waals surface area (Å²) in [6, 6.07) is 6.44. The van der Waals surface area contributed by atoms with Crippen LogP contribution in [0.4, 0.5) is 0 Å². The molecule has 3 heteroatoms. The molecule has 0 N–H and O–H groups in total. The molecular weight excluding hydrogens is 266 g/mol. The summed E-state index contributed by atoms with van der Waals surface area (Å²) >= 11 is 3.53. The molecular formula is C13H14BrNO. The van der Waals surface area contributed by atoms with Gasteiger partial charge >= 0.3 is 0 Å². The molecule has 0 amide bonds. The number of rotatable bonds is 2. The Morgan fingerprint density at radius 3 is 2.56 bits per heavy atom. The van der Waals surface area contributed by atoms with Crippen LogP contribution < -0.4 is 4.74 Å². The predicted molar refractivity (Wildman–Crippen MR) is 66.6 cm³/mol. The lowest BCUT2D eigenvalue weighted by Gasteiger charge is -2.37. The fourth-order valence-electron chi connectivity index (χ4n) is 2.31. The molecule has 1 fully saturated rings. The van der Waals surface area contributed by atoms with E-state index in [0.717, 1.165) is 40.6 Å². The van der Waals surface area contributed by atoms with Crippen LogP contribution in [0.25, 0.3) is 0 Å². The number of ether oxygens (including phenoxy) is 1. The van der Waals surface area contributed by atoms with Crippen molar-refractivity contribution in [2.24, 2.45) is 0 Å². The van der Waals surface area contributed by atoms with E-state index in [4.69, 9.17) is 4.74 Å². The number of nitrogens with zero attached hydrogens (tertiary/aromatic N) is 1. The minimum atomic E-state index is -0.251. The maximum absolute atomic E-state index is 9.34. The van der Waals surface area contributed by atoms with E-state index in [1.165, 1.54) is 0 Å². The van der Waals surface area contributed by atoms with Crippen LogP contribution in [0.15, 0.2) is 16.6 Å². The smallest absolute Gasteiger partial charge is 0.133 e. The van der Waals surface area contributed by atoms with E-state index in [1.807, 2.05) is 19.1 Å². The number of hydrogen-bond acceptors (Lipinski definition) is 2. The van der Waals surface area contributed by atoms with Gasteiger partial charge in [0, 0.05) is 0 Å². The van der Waals surface area contributed by atoms with Crippen molar-refractivity contribution in [3.05, 3.63) is 27.7 Å². The van der Waals surface area contributed by atoms with E-state index in [0.29, 0.717) is 0 Å². The van der Waals surface area contributed by atoms with Crippen LogP contribution in [0.5, 0.6) is 5.75 Å². The SMILES string of the molecule is COc1ccc(C2(C#N)CCC2)c(C)c1Br. The van der Waals surface area contributed by atoms with Crippen LogP contribution in [-0.2, 0) is 5.41 Å². The molecule has 0 radical (unpaired) electrons. The van der Waals surface area contributed by atoms with Crippen LogP contribution in [0.2, 0.25) is 0 Å². The summed E-state index contributed by atoms with van der Waals surface area (Å²) < 4.78 is 6.22. The first-order valence-corrected chi connectivity index (χ1v) is 6.19. The van der Waals surface area contributed by atoms with Crippen LogP contribution in [0.1, 0.15) is 30.4 Å². The second-order valence-corrected chi connectivity index (χ2v) is 5.09. The maximum Gasteiger partial charge on any atom is 0.133 e. The summed E-state index contributed by atoms with van der Waals surface area (Å²) in [6.07, 6.45) is 3.10. The van der Waals surface area contributed by atoms with Gasteiger partial charge in [0.25, 0.3) is 0 Å². The lowest BCUT2D eigenvalue weighted by Crippen LogP contribution is -2.33. The molecule has 0 aromatic heterocycles. The molecule has 0 atom stereocenters. The van der Waals surface area contributed by atoms with Crippen molar-refractivity contribution in [2.75, 3.05) is 7.11 Å². The summed E-state index contributed by atoms with van der Waals surface area (Å²) in [5.41, 5.74) is 2.02. The van der Waals surface area contributed by atoms with E-state index in [-0.39, 0.29) is 5.41 Å². The Kier molecular flexibility index (Phi) is 2.94. The van der Waals surface area contributed by atoms with Crippen LogP contribution in [0.3, 0.4) is 0 Å². The number of methoxy groups -OCH3 is 1. The number of halogens is 1. The highest BCUT2D eigenvalue weighted by Crippen LogP contribution is 2.46. The topological polar surface area (TPSA) is 33.0 Å². The van der Waals surface area contributed by atoms with Gasteiger partial charge in [0.15, 0.2) is 0 Å². The standard InChI is InChI=1S/C13H14BrNO/c1-9-10(13(8-15)6-3-7-13)4-5-11(16-2)12(9)14/h4-5H,3,6-7H2,1-2H3. The second-order valence-electron chi connectivity index (χ2n) is 4.30. The van der Waals surface area contributed by atoms with Crippen LogP contribution in [-0.4, -0.2) is 7.11 Å². The summed E-state index contributed by atoms with van der Waals surface area (Å²) in [7, 11) is 1.66. The zero-order valence-corrected chi connectivity index (χ0v) is 11.1. The van der Waals surface area contributed by atoms with Gasteiger partial charge in [-0.05, 0) is 59.3 Å². The summed E-state index contributed by atoms with van der Waals surface area (Å²) in [6.45, 7) is 2.04. The summed E-state index contributed by atoms with van der Waals surface area (Å²) in [5.74, 6) is 0.827. The van der Waals surface area contributed by atoms with Gasteiger partial charge in [-0.2, -0.15) is 5.26 Å². The average molecular weight is 280 g/mol. The average Bonchev–Trinajstić information content (AvgIpc) is 2.23. The Hall–Kier alpha value is -1.01. The molecule has 0 bridgehead atoms. The van der Waals surface area contributed by atoms with Crippen molar-refractivity contribution in [1.29, 1.82) is 5.26 Å². The first-order chi connectivity index (χ1) is 7.64. The van der Waals surface area contributed by atoms with Crippen molar-refractivity contribution in [3.8, 4) is 11.8 Å². The molecule has 1 aromatic carbocycles. The molecule has 2 rings (SSSR count). The van der Waals surface area contributed by atoms with Crippen molar-refractivity contribution < 1.29 is 4.74 Å². The van der Waals surface area contributed by atoms with Crippen LogP contribution in [0, 0.1) is 18.3 Å². The fourth-order valence-corrected chi connectivity index (χ4v) is 2.82. The van der Waals surface area contributed by atoms with E-state index in [2.05, 4.69) is 22.0 Å². The highest BCUT2D eigenvalue weighted by molar-refractivity contribution is 9.10. The van der Waals surface area contributed by atoms with Gasteiger partial charge in [0.05, 0.1) is 23.1 Å². The zero-order chi connectivity index (χ0) is 11.8. The number of nitriles is 1. The first-order valence-electron chi connectivity index (χ1n) is 5.39. The number of hydrogen-bond donors (Lipinski definition) is 0. The molecule has 0 unspecified atom stereocenters. The molecule has 1 aromatic rings. The number of benzene rings is 1. The highest BCUT2D eigenvalue weighted by atomic mass is 79.9. The molecule has 0 saturated heterocycles. The van der Waals surface area contributed by atoms with E-state index >= 15 is 0 Å². The fraction of sp³-hybridized carbons (Fsp3) is 0.462. The minimum Gasteiger partial charge on any atom is -0.496 e. The Labute approximate surface area is 104 Å². The lowest BCUT2D eigenvalue weighted by molar-refractivity contribution is 0.322. The van der Waals surface area contributed by atoms with Gasteiger partial charge in [0.2, 0.25) is 0 Å². The third-order valence-electron chi connectivity index (χ3n) is 3.51. The van der Waals surface area contributed by atoms with Crippen LogP contribution >= 0.6 is 15.9 Å². The molecule has 2 nitrogen and oxygen atoms in total. The third kappa shape index (κ3) is 1.53. The van der Waals surface area contributed by atoms with Crippen molar-refractivity contribution in [2.45, 2.75) is 31.6 Å². The van der Waals surface area contributed by atoms with Gasteiger partial charge in [0.1, 0.15) is 5.75 Å². The van der Waals surface area contributed by atoms with E-state index in [1.54, 1.807) is 7.11 Å². The largest absolute Gasteiger partial charge is 0.496 e. The monoisotopic (exact) mass is 279 g/mol. The van der Waals surface area contributed by atoms with Gasteiger partial charge in [-0.25, -0.2) is 0 Å². The van der Waals surface area contributed by atoms with Crippen molar-refractivity contribution in [3.63, 3.8) is 0 Å². The third-order valence-corrected chi connectivity index (χ3v) is 4.49. The lowest BCUT2D eigenvalue weighted by atomic mass is 9.64. The minimum absolute atomic E-state index is 0.251. The molecule has 84 valence electrons. The van der Waals surface area contributed by atoms with Crippen molar-refractivity contribution >= 4 is 15.9 Å². The maximum atomic E-state index is 9.34. The molecule has 0 aliphatic heterocycles. The molecule has 1 aliphatic carbocycles. The van der Waals surface area contributed by atoms with Crippen molar-refractivity contribution in [1.82, 2.24) is 0 Å². The Morgan fingerprint density at radius 1 is 1.44 bits per heavy atom. The zero-order valence-electron chi connectivity index (χ0n) is 9.51. The molecule has 1 saturated carbocycles. The van der Waals surface area contributed by atoms with E-state index in [9.17, 15) is 5.26 Å². The Morgan fingerprint density at radius 2 is 2.12 bits per heavy atom. The van der Waals surface area contributed by atoms with Gasteiger partial charge in [-0.15, -0.1) is 0 Å². The Balaban J connectivity index is 2.52. The van der Waals surface area contributed by atoms with E-state index < -0.39 is 0 Å². The normalized spacial score (nSPS) is 17.4. The second kappa shape index (κ2) is 4.10. The summed E-state index contributed by atoms with van der Waals surface area (Å²) in [5, 5.41) is 9.34. The predicted octanol–water partition coefficient (Wildman–Crippen LogP) is 3.71. The molecule has 0 spiro atoms. The first kappa shape index (κ1) is 11.5.